The molecule has 0 saturated heterocycles. The van der Waals surface area contributed by atoms with Gasteiger partial charge in [0.05, 0.1) is 17.8 Å². The fraction of sp³-hybridized carbons (Fsp3) is 0.143. The molecule has 138 valence electrons. The van der Waals surface area contributed by atoms with Crippen molar-refractivity contribution in [2.45, 2.75) is 0 Å². The molecule has 0 unspecified atom stereocenters. The molecule has 0 aliphatic carbocycles. The van der Waals surface area contributed by atoms with Crippen LogP contribution < -0.4 is 15.0 Å². The predicted molar refractivity (Wildman–Crippen MR) is 110 cm³/mol. The maximum Gasteiger partial charge on any atom is 0.255 e. The summed E-state index contributed by atoms with van der Waals surface area (Å²) in [4.78, 5) is 18.9. The monoisotopic (exact) mass is 381 g/mol. The van der Waals surface area contributed by atoms with Crippen LogP contribution in [0.4, 0.5) is 11.4 Å². The Morgan fingerprint density at radius 3 is 2.63 bits per heavy atom. The van der Waals surface area contributed by atoms with E-state index in [1.54, 1.807) is 43.6 Å². The van der Waals surface area contributed by atoms with E-state index in [1.807, 2.05) is 43.3 Å². The first-order chi connectivity index (χ1) is 13.0. The Hall–Kier alpha value is -3.05. The minimum atomic E-state index is -0.220. The van der Waals surface area contributed by atoms with Crippen molar-refractivity contribution in [2.24, 2.45) is 0 Å². The van der Waals surface area contributed by atoms with Crippen LogP contribution in [0, 0.1) is 0 Å². The van der Waals surface area contributed by atoms with Gasteiger partial charge in [-0.25, -0.2) is 0 Å². The number of aromatic nitrogens is 1. The van der Waals surface area contributed by atoms with Gasteiger partial charge in [-0.1, -0.05) is 17.7 Å². The lowest BCUT2D eigenvalue weighted by atomic mass is 10.1. The number of methoxy groups -OCH3 is 1. The van der Waals surface area contributed by atoms with Crippen LogP contribution >= 0.6 is 11.6 Å². The quantitative estimate of drug-likeness (QED) is 0.694. The lowest BCUT2D eigenvalue weighted by Crippen LogP contribution is -2.13. The van der Waals surface area contributed by atoms with Crippen molar-refractivity contribution in [1.82, 2.24) is 4.98 Å². The van der Waals surface area contributed by atoms with Crippen molar-refractivity contribution < 1.29 is 9.53 Å². The van der Waals surface area contributed by atoms with Gasteiger partial charge in [0.25, 0.3) is 5.91 Å². The molecule has 2 aromatic carbocycles. The second-order valence-electron chi connectivity index (χ2n) is 6.15. The van der Waals surface area contributed by atoms with Gasteiger partial charge < -0.3 is 15.0 Å². The first-order valence-corrected chi connectivity index (χ1v) is 8.75. The van der Waals surface area contributed by atoms with Crippen molar-refractivity contribution in [1.29, 1.82) is 0 Å². The van der Waals surface area contributed by atoms with Gasteiger partial charge >= 0.3 is 0 Å². The lowest BCUT2D eigenvalue weighted by molar-refractivity contribution is 0.102. The molecule has 1 heterocycles. The van der Waals surface area contributed by atoms with Crippen LogP contribution in [0.2, 0.25) is 5.02 Å². The highest BCUT2D eigenvalue weighted by molar-refractivity contribution is 6.33. The first kappa shape index (κ1) is 18.7. The summed E-state index contributed by atoms with van der Waals surface area (Å²) in [7, 11) is 5.46. The molecule has 0 atom stereocenters. The summed E-state index contributed by atoms with van der Waals surface area (Å²) < 4.78 is 5.46. The standard InChI is InChI=1S/C21H20ClN3O2/c1-25(2)16-7-4-6-15(13-16)24-21(26)14-9-10-17(19(12-14)27-3)20-18(22)8-5-11-23-20/h4-13H,1-3H3,(H,24,26). The van der Waals surface area contributed by atoms with Gasteiger partial charge in [-0.15, -0.1) is 0 Å². The number of nitrogens with zero attached hydrogens (tertiary/aromatic N) is 2. The molecule has 1 N–H and O–H groups in total. The van der Waals surface area contributed by atoms with Crippen LogP contribution in [0.1, 0.15) is 10.4 Å². The zero-order valence-corrected chi connectivity index (χ0v) is 16.1. The molecule has 0 saturated carbocycles. The molecular formula is C21H20ClN3O2. The molecule has 0 spiro atoms. The number of halogens is 1. The van der Waals surface area contributed by atoms with Crippen molar-refractivity contribution in [3.63, 3.8) is 0 Å². The van der Waals surface area contributed by atoms with E-state index >= 15 is 0 Å². The third-order valence-corrected chi connectivity index (χ3v) is 4.40. The minimum absolute atomic E-state index is 0.220. The van der Waals surface area contributed by atoms with E-state index in [-0.39, 0.29) is 5.91 Å². The Morgan fingerprint density at radius 2 is 1.93 bits per heavy atom. The molecule has 3 rings (SSSR count). The van der Waals surface area contributed by atoms with E-state index in [2.05, 4.69) is 10.3 Å². The van der Waals surface area contributed by atoms with Crippen LogP contribution in [0.5, 0.6) is 5.75 Å². The summed E-state index contributed by atoms with van der Waals surface area (Å²) in [6, 6.07) is 16.4. The minimum Gasteiger partial charge on any atom is -0.496 e. The fourth-order valence-corrected chi connectivity index (χ4v) is 2.90. The summed E-state index contributed by atoms with van der Waals surface area (Å²) in [5, 5.41) is 3.43. The van der Waals surface area contributed by atoms with Crippen LogP contribution in [0.15, 0.2) is 60.8 Å². The van der Waals surface area contributed by atoms with E-state index in [0.29, 0.717) is 22.0 Å². The predicted octanol–water partition coefficient (Wildman–Crippen LogP) is 4.73. The fourth-order valence-electron chi connectivity index (χ4n) is 2.68. The van der Waals surface area contributed by atoms with E-state index in [1.165, 1.54) is 0 Å². The van der Waals surface area contributed by atoms with Crippen LogP contribution in [0.3, 0.4) is 0 Å². The van der Waals surface area contributed by atoms with Crippen LogP contribution in [-0.4, -0.2) is 32.1 Å². The summed E-state index contributed by atoms with van der Waals surface area (Å²) in [5.41, 5.74) is 3.56. The average Bonchev–Trinajstić information content (AvgIpc) is 2.68. The van der Waals surface area contributed by atoms with Crippen LogP contribution in [-0.2, 0) is 0 Å². The van der Waals surface area contributed by atoms with E-state index < -0.39 is 0 Å². The molecule has 5 nitrogen and oxygen atoms in total. The Labute approximate surface area is 163 Å². The van der Waals surface area contributed by atoms with Crippen LogP contribution in [0.25, 0.3) is 11.3 Å². The molecule has 6 heteroatoms. The Bertz CT molecular complexity index is 973. The average molecular weight is 382 g/mol. The zero-order chi connectivity index (χ0) is 19.4. The van der Waals surface area contributed by atoms with Crippen molar-refractivity contribution in [2.75, 3.05) is 31.4 Å². The number of ether oxygens (including phenoxy) is 1. The zero-order valence-electron chi connectivity index (χ0n) is 15.4. The highest BCUT2D eigenvalue weighted by Gasteiger charge is 2.14. The topological polar surface area (TPSA) is 54.5 Å². The summed E-state index contributed by atoms with van der Waals surface area (Å²) in [6.07, 6.45) is 1.67. The molecule has 3 aromatic rings. The SMILES string of the molecule is COc1cc(C(=O)Nc2cccc(N(C)C)c2)ccc1-c1ncccc1Cl. The number of amides is 1. The smallest absolute Gasteiger partial charge is 0.255 e. The molecule has 27 heavy (non-hydrogen) atoms. The van der Waals surface area contributed by atoms with Gasteiger partial charge in [0, 0.05) is 42.8 Å². The van der Waals surface area contributed by atoms with Crippen molar-refractivity contribution in [3.8, 4) is 17.0 Å². The number of rotatable bonds is 5. The largest absolute Gasteiger partial charge is 0.496 e. The van der Waals surface area contributed by atoms with E-state index in [0.717, 1.165) is 16.9 Å². The third kappa shape index (κ3) is 4.20. The molecular weight excluding hydrogens is 362 g/mol. The molecule has 1 amide bonds. The second kappa shape index (κ2) is 8.10. The second-order valence-corrected chi connectivity index (χ2v) is 6.55. The Balaban J connectivity index is 1.88. The van der Waals surface area contributed by atoms with Gasteiger partial charge in [0.1, 0.15) is 5.75 Å². The number of hydrogen-bond acceptors (Lipinski definition) is 4. The van der Waals surface area contributed by atoms with E-state index in [4.69, 9.17) is 16.3 Å². The molecule has 0 bridgehead atoms. The maximum absolute atomic E-state index is 12.7. The number of pyridine rings is 1. The number of hydrogen-bond donors (Lipinski definition) is 1. The third-order valence-electron chi connectivity index (χ3n) is 4.10. The molecule has 1 aromatic heterocycles. The highest BCUT2D eigenvalue weighted by atomic mass is 35.5. The summed E-state index contributed by atoms with van der Waals surface area (Å²) in [6.45, 7) is 0. The number of anilines is 2. The van der Waals surface area contributed by atoms with E-state index in [9.17, 15) is 4.79 Å². The highest BCUT2D eigenvalue weighted by Crippen LogP contribution is 2.33. The van der Waals surface area contributed by atoms with Gasteiger partial charge in [-0.05, 0) is 48.5 Å². The summed E-state index contributed by atoms with van der Waals surface area (Å²) in [5.74, 6) is 0.313. The Kier molecular flexibility index (Phi) is 5.62. The normalized spacial score (nSPS) is 10.4. The molecule has 0 fully saturated rings. The number of nitrogens with one attached hydrogen (secondary N) is 1. The van der Waals surface area contributed by atoms with Gasteiger partial charge in [0.2, 0.25) is 0 Å². The molecule has 0 radical (unpaired) electrons. The van der Waals surface area contributed by atoms with Crippen molar-refractivity contribution in [3.05, 3.63) is 71.4 Å². The van der Waals surface area contributed by atoms with Gasteiger partial charge in [-0.3, -0.25) is 9.78 Å². The van der Waals surface area contributed by atoms with Gasteiger partial charge in [-0.2, -0.15) is 0 Å². The maximum atomic E-state index is 12.7. The number of carbonyl (C=O) groups is 1. The molecule has 0 aliphatic heterocycles. The molecule has 0 aliphatic rings. The number of benzene rings is 2. The first-order valence-electron chi connectivity index (χ1n) is 8.37. The summed E-state index contributed by atoms with van der Waals surface area (Å²) >= 11 is 6.24. The Morgan fingerprint density at radius 1 is 1.11 bits per heavy atom. The van der Waals surface area contributed by atoms with Gasteiger partial charge in [0.15, 0.2) is 0 Å². The lowest BCUT2D eigenvalue weighted by Gasteiger charge is -2.14. The number of carbonyl (C=O) groups excluding carboxylic acids is 1. The van der Waals surface area contributed by atoms with Crippen molar-refractivity contribution >= 4 is 28.9 Å².